The number of nitrogens with zero attached hydrogens (tertiary/aromatic N) is 2. The van der Waals surface area contributed by atoms with Crippen molar-refractivity contribution in [2.75, 3.05) is 20.3 Å². The zero-order valence-corrected chi connectivity index (χ0v) is 14.8. The van der Waals surface area contributed by atoms with E-state index in [2.05, 4.69) is 4.98 Å². The maximum absolute atomic E-state index is 13.2. The molecule has 1 amide bonds. The van der Waals surface area contributed by atoms with Crippen LogP contribution < -0.4 is 0 Å². The second kappa shape index (κ2) is 9.24. The lowest BCUT2D eigenvalue weighted by Gasteiger charge is -2.20. The van der Waals surface area contributed by atoms with Crippen LogP contribution in [0, 0.1) is 5.82 Å². The molecule has 0 aliphatic carbocycles. The molecule has 0 saturated carbocycles. The minimum absolute atomic E-state index is 0.151. The fraction of sp³-hybridized carbons (Fsp3) is 0.353. The highest BCUT2D eigenvalue weighted by atomic mass is 32.1. The van der Waals surface area contributed by atoms with Gasteiger partial charge in [0.05, 0.1) is 6.61 Å². The minimum atomic E-state index is -0.659. The van der Waals surface area contributed by atoms with Crippen molar-refractivity contribution < 1.29 is 23.5 Å². The third-order valence-corrected chi connectivity index (χ3v) is 4.17. The van der Waals surface area contributed by atoms with E-state index in [1.807, 2.05) is 0 Å². The van der Waals surface area contributed by atoms with Crippen molar-refractivity contribution in [3.05, 3.63) is 51.7 Å². The van der Waals surface area contributed by atoms with Gasteiger partial charge in [0.1, 0.15) is 10.8 Å². The number of ether oxygens (including phenoxy) is 2. The Balaban J connectivity index is 1.89. The third kappa shape index (κ3) is 5.61. The first kappa shape index (κ1) is 19.0. The van der Waals surface area contributed by atoms with Crippen molar-refractivity contribution in [1.82, 2.24) is 9.88 Å². The Labute approximate surface area is 149 Å². The van der Waals surface area contributed by atoms with Gasteiger partial charge in [-0.1, -0.05) is 12.1 Å². The van der Waals surface area contributed by atoms with Crippen LogP contribution in [0.1, 0.15) is 28.0 Å². The Morgan fingerprint density at radius 3 is 2.84 bits per heavy atom. The van der Waals surface area contributed by atoms with E-state index in [4.69, 9.17) is 9.47 Å². The summed E-state index contributed by atoms with van der Waals surface area (Å²) in [4.78, 5) is 29.7. The second-order valence-corrected chi connectivity index (χ2v) is 6.12. The summed E-state index contributed by atoms with van der Waals surface area (Å²) in [7, 11) is 1.54. The molecule has 0 radical (unpaired) electrons. The molecule has 1 aromatic heterocycles. The Bertz CT molecular complexity index is 735. The van der Waals surface area contributed by atoms with Crippen LogP contribution in [-0.2, 0) is 27.4 Å². The minimum Gasteiger partial charge on any atom is -0.451 e. The standard InChI is InChI=1S/C17H19FN2O4S/c1-3-20(8-12-5-4-6-13(18)7-12)16(21)10-24-17(22)14-11-25-15(19-14)9-23-2/h4-7,11H,3,8-10H2,1-2H3. The van der Waals surface area contributed by atoms with Gasteiger partial charge < -0.3 is 14.4 Å². The van der Waals surface area contributed by atoms with Gasteiger partial charge in [0.15, 0.2) is 12.3 Å². The van der Waals surface area contributed by atoms with E-state index in [1.54, 1.807) is 24.4 Å². The summed E-state index contributed by atoms with van der Waals surface area (Å²) < 4.78 is 23.2. The van der Waals surface area contributed by atoms with Crippen molar-refractivity contribution in [1.29, 1.82) is 0 Å². The Morgan fingerprint density at radius 2 is 2.16 bits per heavy atom. The van der Waals surface area contributed by atoms with Gasteiger partial charge >= 0.3 is 5.97 Å². The van der Waals surface area contributed by atoms with Crippen molar-refractivity contribution in [3.63, 3.8) is 0 Å². The van der Waals surface area contributed by atoms with E-state index >= 15 is 0 Å². The van der Waals surface area contributed by atoms with Crippen LogP contribution in [0.5, 0.6) is 0 Å². The largest absolute Gasteiger partial charge is 0.451 e. The van der Waals surface area contributed by atoms with Crippen LogP contribution in [0.3, 0.4) is 0 Å². The van der Waals surface area contributed by atoms with Gasteiger partial charge in [0.25, 0.3) is 5.91 Å². The molecule has 6 nitrogen and oxygen atoms in total. The molecule has 0 bridgehead atoms. The van der Waals surface area contributed by atoms with Gasteiger partial charge in [-0.05, 0) is 24.6 Å². The molecule has 0 unspecified atom stereocenters. The lowest BCUT2D eigenvalue weighted by atomic mass is 10.2. The second-order valence-electron chi connectivity index (χ2n) is 5.17. The number of benzene rings is 1. The van der Waals surface area contributed by atoms with Crippen LogP contribution in [0.4, 0.5) is 4.39 Å². The van der Waals surface area contributed by atoms with Crippen molar-refractivity contribution in [2.45, 2.75) is 20.1 Å². The van der Waals surface area contributed by atoms with Crippen LogP contribution >= 0.6 is 11.3 Å². The normalized spacial score (nSPS) is 10.5. The highest BCUT2D eigenvalue weighted by molar-refractivity contribution is 7.09. The Morgan fingerprint density at radius 1 is 1.36 bits per heavy atom. The number of thiazole rings is 1. The third-order valence-electron chi connectivity index (χ3n) is 3.35. The van der Waals surface area contributed by atoms with E-state index in [-0.39, 0.29) is 30.6 Å². The maximum atomic E-state index is 13.2. The molecule has 8 heteroatoms. The number of hydrogen-bond acceptors (Lipinski definition) is 6. The first-order valence-electron chi connectivity index (χ1n) is 7.66. The number of amides is 1. The fourth-order valence-electron chi connectivity index (χ4n) is 2.12. The number of rotatable bonds is 8. The van der Waals surface area contributed by atoms with E-state index < -0.39 is 5.97 Å². The number of esters is 1. The Kier molecular flexibility index (Phi) is 7.03. The summed E-state index contributed by atoms with van der Waals surface area (Å²) >= 11 is 1.28. The van der Waals surface area contributed by atoms with Gasteiger partial charge in [0.2, 0.25) is 0 Å². The highest BCUT2D eigenvalue weighted by Crippen LogP contribution is 2.12. The van der Waals surface area contributed by atoms with Gasteiger partial charge in [-0.15, -0.1) is 11.3 Å². The average Bonchev–Trinajstić information content (AvgIpc) is 3.06. The summed E-state index contributed by atoms with van der Waals surface area (Å²) in [6.07, 6.45) is 0. The lowest BCUT2D eigenvalue weighted by molar-refractivity contribution is -0.135. The molecular formula is C17H19FN2O4S. The monoisotopic (exact) mass is 366 g/mol. The Hall–Kier alpha value is -2.32. The molecule has 25 heavy (non-hydrogen) atoms. The first-order valence-corrected chi connectivity index (χ1v) is 8.54. The molecule has 0 N–H and O–H groups in total. The van der Waals surface area contributed by atoms with Crippen LogP contribution in [0.15, 0.2) is 29.6 Å². The fourth-order valence-corrected chi connectivity index (χ4v) is 2.85. The predicted octanol–water partition coefficient (Wildman–Crippen LogP) is 2.63. The molecule has 0 aliphatic heterocycles. The molecule has 134 valence electrons. The summed E-state index contributed by atoms with van der Waals surface area (Å²) in [5, 5.41) is 2.22. The van der Waals surface area contributed by atoms with Crippen molar-refractivity contribution in [3.8, 4) is 0 Å². The molecule has 1 aromatic carbocycles. The van der Waals surface area contributed by atoms with Crippen LogP contribution in [0.2, 0.25) is 0 Å². The van der Waals surface area contributed by atoms with Gasteiger partial charge in [-0.2, -0.15) is 0 Å². The van der Waals surface area contributed by atoms with Gasteiger partial charge in [-0.3, -0.25) is 4.79 Å². The molecular weight excluding hydrogens is 347 g/mol. The predicted molar refractivity (Wildman–Crippen MR) is 90.6 cm³/mol. The SMILES string of the molecule is CCN(Cc1cccc(F)c1)C(=O)COC(=O)c1csc(COC)n1. The number of aromatic nitrogens is 1. The molecule has 0 aliphatic rings. The number of hydrogen-bond donors (Lipinski definition) is 0. The number of likely N-dealkylation sites (N-methyl/N-ethyl adjacent to an activating group) is 1. The zero-order valence-electron chi connectivity index (χ0n) is 14.0. The molecule has 0 fully saturated rings. The van der Waals surface area contributed by atoms with Crippen molar-refractivity contribution >= 4 is 23.2 Å². The zero-order chi connectivity index (χ0) is 18.2. The maximum Gasteiger partial charge on any atom is 0.358 e. The number of halogens is 1. The molecule has 0 atom stereocenters. The summed E-state index contributed by atoms with van der Waals surface area (Å²) in [6, 6.07) is 6.03. The molecule has 1 heterocycles. The smallest absolute Gasteiger partial charge is 0.358 e. The van der Waals surface area contributed by atoms with Crippen molar-refractivity contribution in [2.24, 2.45) is 0 Å². The summed E-state index contributed by atoms with van der Waals surface area (Å²) in [6.45, 7) is 2.39. The number of carbonyl (C=O) groups is 2. The number of methoxy groups -OCH3 is 1. The highest BCUT2D eigenvalue weighted by Gasteiger charge is 2.17. The first-order chi connectivity index (χ1) is 12.0. The van der Waals surface area contributed by atoms with E-state index in [0.29, 0.717) is 23.7 Å². The summed E-state index contributed by atoms with van der Waals surface area (Å²) in [5.41, 5.74) is 0.822. The molecule has 2 aromatic rings. The average molecular weight is 366 g/mol. The van der Waals surface area contributed by atoms with E-state index in [1.165, 1.54) is 35.5 Å². The molecule has 0 saturated heterocycles. The lowest BCUT2D eigenvalue weighted by Crippen LogP contribution is -2.34. The quantitative estimate of drug-likeness (QED) is 0.672. The van der Waals surface area contributed by atoms with Gasteiger partial charge in [0, 0.05) is 25.6 Å². The van der Waals surface area contributed by atoms with Crippen LogP contribution in [0.25, 0.3) is 0 Å². The van der Waals surface area contributed by atoms with E-state index in [9.17, 15) is 14.0 Å². The van der Waals surface area contributed by atoms with E-state index in [0.717, 1.165) is 0 Å². The summed E-state index contributed by atoms with van der Waals surface area (Å²) in [5.74, 6) is -1.37. The molecule has 2 rings (SSSR count). The van der Waals surface area contributed by atoms with Gasteiger partial charge in [-0.25, -0.2) is 14.2 Å². The number of carbonyl (C=O) groups excluding carboxylic acids is 2. The topological polar surface area (TPSA) is 68.7 Å². The molecule has 0 spiro atoms. The van der Waals surface area contributed by atoms with Crippen LogP contribution in [-0.4, -0.2) is 42.0 Å².